The molecule has 0 spiro atoms. The normalized spacial score (nSPS) is 10.0. The fourth-order valence-electron chi connectivity index (χ4n) is 2.15. The molecule has 24 heavy (non-hydrogen) atoms. The molecule has 0 atom stereocenters. The Kier molecular flexibility index (Phi) is 5.89. The Morgan fingerprint density at radius 1 is 1.00 bits per heavy atom. The summed E-state index contributed by atoms with van der Waals surface area (Å²) in [5.41, 5.74) is 2.75. The summed E-state index contributed by atoms with van der Waals surface area (Å²) in [4.78, 5) is 14.1. The highest BCUT2D eigenvalue weighted by Gasteiger charge is 2.06. The quantitative estimate of drug-likeness (QED) is 0.855. The molecule has 0 aromatic heterocycles. The Hall–Kier alpha value is -2.89. The zero-order chi connectivity index (χ0) is 17.5. The average Bonchev–Trinajstić information content (AvgIpc) is 2.59. The minimum atomic E-state index is -0.290. The van der Waals surface area contributed by atoms with E-state index in [2.05, 4.69) is 10.6 Å². The molecule has 2 N–H and O–H groups in total. The van der Waals surface area contributed by atoms with Gasteiger partial charge >= 0.3 is 6.03 Å². The lowest BCUT2D eigenvalue weighted by Gasteiger charge is -2.13. The maximum Gasteiger partial charge on any atom is 0.319 e. The van der Waals surface area contributed by atoms with Gasteiger partial charge in [0.25, 0.3) is 0 Å². The number of benzene rings is 2. The van der Waals surface area contributed by atoms with E-state index in [0.717, 1.165) is 11.3 Å². The lowest BCUT2D eigenvalue weighted by atomic mass is 10.2. The first-order valence-electron chi connectivity index (χ1n) is 7.56. The van der Waals surface area contributed by atoms with Crippen molar-refractivity contribution in [1.82, 2.24) is 5.32 Å². The van der Waals surface area contributed by atoms with Gasteiger partial charge in [-0.1, -0.05) is 12.1 Å². The Morgan fingerprint density at radius 3 is 2.08 bits per heavy atom. The number of nitrogens with one attached hydrogen (secondary N) is 2. The van der Waals surface area contributed by atoms with Gasteiger partial charge in [0.05, 0.1) is 14.2 Å². The second kappa shape index (κ2) is 8.10. The van der Waals surface area contributed by atoms with Crippen LogP contribution in [-0.2, 0) is 6.54 Å². The number of amides is 2. The standard InChI is InChI=1S/C18H23N3O3/c1-21(2)15-7-5-13(6-8-15)12-19-18(22)20-14-9-16(23-3)11-17(10-14)24-4/h5-11H,12H2,1-4H3,(H2,19,20,22). The van der Waals surface area contributed by atoms with Crippen molar-refractivity contribution < 1.29 is 14.3 Å². The molecular weight excluding hydrogens is 306 g/mol. The van der Waals surface area contributed by atoms with Crippen molar-refractivity contribution in [2.75, 3.05) is 38.5 Å². The van der Waals surface area contributed by atoms with E-state index in [-0.39, 0.29) is 6.03 Å². The van der Waals surface area contributed by atoms with Crippen LogP contribution in [0.4, 0.5) is 16.2 Å². The monoisotopic (exact) mass is 329 g/mol. The SMILES string of the molecule is COc1cc(NC(=O)NCc2ccc(N(C)C)cc2)cc(OC)c1. The molecule has 0 radical (unpaired) electrons. The lowest BCUT2D eigenvalue weighted by molar-refractivity contribution is 0.251. The number of hydrogen-bond donors (Lipinski definition) is 2. The molecule has 2 amide bonds. The van der Waals surface area contributed by atoms with Gasteiger partial charge in [0, 0.05) is 50.2 Å². The van der Waals surface area contributed by atoms with Crippen LogP contribution in [0.5, 0.6) is 11.5 Å². The number of anilines is 2. The van der Waals surface area contributed by atoms with Gasteiger partial charge in [-0.25, -0.2) is 4.79 Å². The summed E-state index contributed by atoms with van der Waals surface area (Å²) in [7, 11) is 7.11. The average molecular weight is 329 g/mol. The molecule has 6 heteroatoms. The third-order valence-electron chi connectivity index (χ3n) is 3.52. The van der Waals surface area contributed by atoms with Crippen LogP contribution in [0.2, 0.25) is 0 Å². The number of hydrogen-bond acceptors (Lipinski definition) is 4. The van der Waals surface area contributed by atoms with E-state index >= 15 is 0 Å². The molecular formula is C18H23N3O3. The van der Waals surface area contributed by atoms with E-state index in [0.29, 0.717) is 23.7 Å². The van der Waals surface area contributed by atoms with E-state index in [9.17, 15) is 4.79 Å². The minimum Gasteiger partial charge on any atom is -0.497 e. The number of urea groups is 1. The maximum atomic E-state index is 12.0. The molecule has 2 aromatic carbocycles. The molecule has 0 aliphatic rings. The number of carbonyl (C=O) groups excluding carboxylic acids is 1. The molecule has 0 bridgehead atoms. The highest BCUT2D eigenvalue weighted by molar-refractivity contribution is 5.89. The van der Waals surface area contributed by atoms with Gasteiger partial charge in [-0.15, -0.1) is 0 Å². The van der Waals surface area contributed by atoms with Crippen molar-refractivity contribution in [2.45, 2.75) is 6.54 Å². The smallest absolute Gasteiger partial charge is 0.319 e. The lowest BCUT2D eigenvalue weighted by Crippen LogP contribution is -2.28. The molecule has 0 heterocycles. The van der Waals surface area contributed by atoms with E-state index in [1.165, 1.54) is 0 Å². The Labute approximate surface area is 142 Å². The largest absolute Gasteiger partial charge is 0.497 e. The Morgan fingerprint density at radius 2 is 1.58 bits per heavy atom. The van der Waals surface area contributed by atoms with E-state index in [1.807, 2.05) is 43.3 Å². The fourth-order valence-corrected chi connectivity index (χ4v) is 2.15. The number of carbonyl (C=O) groups is 1. The van der Waals surface area contributed by atoms with Gasteiger partial charge in [-0.05, 0) is 17.7 Å². The van der Waals surface area contributed by atoms with Crippen LogP contribution in [0.3, 0.4) is 0 Å². The van der Waals surface area contributed by atoms with Crippen LogP contribution < -0.4 is 25.0 Å². The Bertz CT molecular complexity index is 662. The highest BCUT2D eigenvalue weighted by Crippen LogP contribution is 2.25. The summed E-state index contributed by atoms with van der Waals surface area (Å²) in [5, 5.41) is 5.60. The molecule has 2 aromatic rings. The van der Waals surface area contributed by atoms with Gasteiger partial charge in [-0.2, -0.15) is 0 Å². The summed E-state index contributed by atoms with van der Waals surface area (Å²) >= 11 is 0. The van der Waals surface area contributed by atoms with Crippen LogP contribution in [0, 0.1) is 0 Å². The van der Waals surface area contributed by atoms with Crippen molar-refractivity contribution in [1.29, 1.82) is 0 Å². The topological polar surface area (TPSA) is 62.8 Å². The minimum absolute atomic E-state index is 0.290. The summed E-state index contributed by atoms with van der Waals surface area (Å²) in [6, 6.07) is 12.9. The maximum absolute atomic E-state index is 12.0. The second-order valence-electron chi connectivity index (χ2n) is 5.47. The van der Waals surface area contributed by atoms with Crippen molar-refractivity contribution in [3.05, 3.63) is 48.0 Å². The zero-order valence-corrected chi connectivity index (χ0v) is 14.4. The third kappa shape index (κ3) is 4.81. The second-order valence-corrected chi connectivity index (χ2v) is 5.47. The first kappa shape index (κ1) is 17.5. The number of rotatable bonds is 6. The van der Waals surface area contributed by atoms with Crippen LogP contribution in [-0.4, -0.2) is 34.3 Å². The fraction of sp³-hybridized carbons (Fsp3) is 0.278. The van der Waals surface area contributed by atoms with Crippen molar-refractivity contribution in [2.24, 2.45) is 0 Å². The van der Waals surface area contributed by atoms with E-state index in [4.69, 9.17) is 9.47 Å². The predicted molar refractivity (Wildman–Crippen MR) is 96.2 cm³/mol. The molecule has 0 aliphatic carbocycles. The van der Waals surface area contributed by atoms with Gasteiger partial charge in [0.15, 0.2) is 0 Å². The summed E-state index contributed by atoms with van der Waals surface area (Å²) in [5.74, 6) is 1.23. The molecule has 128 valence electrons. The molecule has 0 saturated carbocycles. The van der Waals surface area contributed by atoms with Gasteiger partial charge in [0.1, 0.15) is 11.5 Å². The van der Waals surface area contributed by atoms with Crippen LogP contribution in [0.1, 0.15) is 5.56 Å². The third-order valence-corrected chi connectivity index (χ3v) is 3.52. The van der Waals surface area contributed by atoms with Gasteiger partial charge < -0.3 is 25.0 Å². The molecule has 6 nitrogen and oxygen atoms in total. The van der Waals surface area contributed by atoms with Gasteiger partial charge in [-0.3, -0.25) is 0 Å². The molecule has 0 unspecified atom stereocenters. The molecule has 0 aliphatic heterocycles. The molecule has 0 fully saturated rings. The van der Waals surface area contributed by atoms with Crippen LogP contribution in [0.25, 0.3) is 0 Å². The number of nitrogens with zero attached hydrogens (tertiary/aromatic N) is 1. The summed E-state index contributed by atoms with van der Waals surface area (Å²) in [6.45, 7) is 0.445. The number of methoxy groups -OCH3 is 2. The predicted octanol–water partition coefficient (Wildman–Crippen LogP) is 3.09. The van der Waals surface area contributed by atoms with Crippen LogP contribution >= 0.6 is 0 Å². The van der Waals surface area contributed by atoms with Crippen molar-refractivity contribution >= 4 is 17.4 Å². The first-order valence-corrected chi connectivity index (χ1v) is 7.56. The van der Waals surface area contributed by atoms with E-state index in [1.54, 1.807) is 32.4 Å². The zero-order valence-electron chi connectivity index (χ0n) is 14.4. The first-order chi connectivity index (χ1) is 11.5. The van der Waals surface area contributed by atoms with Crippen molar-refractivity contribution in [3.63, 3.8) is 0 Å². The number of ether oxygens (including phenoxy) is 2. The van der Waals surface area contributed by atoms with E-state index < -0.39 is 0 Å². The molecule has 0 saturated heterocycles. The summed E-state index contributed by atoms with van der Waals surface area (Å²) < 4.78 is 10.4. The van der Waals surface area contributed by atoms with Crippen molar-refractivity contribution in [3.8, 4) is 11.5 Å². The summed E-state index contributed by atoms with van der Waals surface area (Å²) in [6.07, 6.45) is 0. The molecule has 2 rings (SSSR count). The highest BCUT2D eigenvalue weighted by atomic mass is 16.5. The van der Waals surface area contributed by atoms with Gasteiger partial charge in [0.2, 0.25) is 0 Å². The Balaban J connectivity index is 1.93. The van der Waals surface area contributed by atoms with Crippen LogP contribution in [0.15, 0.2) is 42.5 Å².